The molecular weight excluding hydrogens is 372 g/mol. The highest BCUT2D eigenvalue weighted by atomic mass is 35.5. The van der Waals surface area contributed by atoms with Crippen molar-refractivity contribution in [1.82, 2.24) is 19.8 Å². The highest BCUT2D eigenvalue weighted by Crippen LogP contribution is 2.22. The molecule has 1 aliphatic heterocycles. The molecule has 0 bridgehead atoms. The van der Waals surface area contributed by atoms with E-state index < -0.39 is 0 Å². The van der Waals surface area contributed by atoms with Crippen LogP contribution in [-0.2, 0) is 11.2 Å². The Kier molecular flexibility index (Phi) is 6.70. The van der Waals surface area contributed by atoms with Gasteiger partial charge in [-0.2, -0.15) is 0 Å². The molecule has 4 rings (SSSR count). The molecule has 1 atom stereocenters. The number of fused-ring (bicyclic) bond motifs is 1. The van der Waals surface area contributed by atoms with Gasteiger partial charge in [-0.05, 0) is 44.2 Å². The average molecular weight is 399 g/mol. The van der Waals surface area contributed by atoms with Crippen LogP contribution in [0.25, 0.3) is 16.7 Å². The van der Waals surface area contributed by atoms with Crippen LogP contribution in [-0.4, -0.2) is 46.5 Å². The van der Waals surface area contributed by atoms with E-state index in [9.17, 15) is 4.79 Å². The molecule has 0 saturated carbocycles. The molecular formula is C22H27ClN4O. The molecule has 1 N–H and O–H groups in total. The van der Waals surface area contributed by atoms with Gasteiger partial charge in [0.05, 0.1) is 11.0 Å². The number of amides is 1. The van der Waals surface area contributed by atoms with Gasteiger partial charge in [0.25, 0.3) is 0 Å². The van der Waals surface area contributed by atoms with Gasteiger partial charge in [-0.3, -0.25) is 9.36 Å². The maximum absolute atomic E-state index is 12.8. The highest BCUT2D eigenvalue weighted by molar-refractivity contribution is 5.85. The lowest BCUT2D eigenvalue weighted by Gasteiger charge is -2.32. The number of para-hydroxylation sites is 3. The Morgan fingerprint density at radius 3 is 2.68 bits per heavy atom. The van der Waals surface area contributed by atoms with E-state index >= 15 is 0 Å². The zero-order valence-electron chi connectivity index (χ0n) is 16.2. The summed E-state index contributed by atoms with van der Waals surface area (Å²) < 4.78 is 2.18. The van der Waals surface area contributed by atoms with Crippen molar-refractivity contribution in [2.75, 3.05) is 20.1 Å². The number of imidazole rings is 1. The Labute approximate surface area is 172 Å². The van der Waals surface area contributed by atoms with E-state index in [-0.39, 0.29) is 18.3 Å². The Morgan fingerprint density at radius 2 is 1.89 bits per heavy atom. The predicted molar refractivity (Wildman–Crippen MR) is 115 cm³/mol. The second-order valence-electron chi connectivity index (χ2n) is 7.16. The monoisotopic (exact) mass is 398 g/mol. The first-order chi connectivity index (χ1) is 13.3. The number of benzene rings is 2. The summed E-state index contributed by atoms with van der Waals surface area (Å²) in [5.41, 5.74) is 3.14. The number of aromatic nitrogens is 2. The van der Waals surface area contributed by atoms with Crippen LogP contribution in [0.3, 0.4) is 0 Å². The maximum Gasteiger partial charge on any atom is 0.223 e. The van der Waals surface area contributed by atoms with Crippen molar-refractivity contribution in [2.24, 2.45) is 0 Å². The van der Waals surface area contributed by atoms with Crippen LogP contribution < -0.4 is 5.32 Å². The smallest absolute Gasteiger partial charge is 0.223 e. The molecule has 1 unspecified atom stereocenters. The molecule has 2 aromatic carbocycles. The summed E-state index contributed by atoms with van der Waals surface area (Å²) in [5.74, 6) is 1.17. The molecule has 2 heterocycles. The average Bonchev–Trinajstić information content (AvgIpc) is 3.11. The van der Waals surface area contributed by atoms with Crippen LogP contribution >= 0.6 is 12.4 Å². The van der Waals surface area contributed by atoms with Crippen LogP contribution in [0.1, 0.15) is 25.1 Å². The lowest BCUT2D eigenvalue weighted by atomic mass is 10.1. The molecule has 1 aromatic heterocycles. The van der Waals surface area contributed by atoms with Crippen LogP contribution in [0.5, 0.6) is 0 Å². The molecule has 1 aliphatic rings. The maximum atomic E-state index is 12.8. The number of carbonyl (C=O) groups excluding carboxylic acids is 1. The molecule has 1 fully saturated rings. The molecule has 28 heavy (non-hydrogen) atoms. The number of aryl methyl sites for hydroxylation is 1. The van der Waals surface area contributed by atoms with E-state index in [1.165, 1.54) is 0 Å². The van der Waals surface area contributed by atoms with E-state index in [0.29, 0.717) is 18.9 Å². The summed E-state index contributed by atoms with van der Waals surface area (Å²) in [6.07, 6.45) is 3.35. The van der Waals surface area contributed by atoms with E-state index in [0.717, 1.165) is 48.5 Å². The fraction of sp³-hybridized carbons (Fsp3) is 0.364. The third-order valence-electron chi connectivity index (χ3n) is 5.39. The van der Waals surface area contributed by atoms with Gasteiger partial charge in [-0.25, -0.2) is 4.98 Å². The zero-order valence-corrected chi connectivity index (χ0v) is 17.0. The van der Waals surface area contributed by atoms with Gasteiger partial charge in [0, 0.05) is 37.7 Å². The van der Waals surface area contributed by atoms with Crippen molar-refractivity contribution in [1.29, 1.82) is 0 Å². The quantitative estimate of drug-likeness (QED) is 0.714. The topological polar surface area (TPSA) is 50.2 Å². The first-order valence-electron chi connectivity index (χ1n) is 9.73. The summed E-state index contributed by atoms with van der Waals surface area (Å²) in [4.78, 5) is 19.6. The summed E-state index contributed by atoms with van der Waals surface area (Å²) in [5, 5.41) is 3.30. The molecule has 0 radical (unpaired) electrons. The number of halogens is 1. The molecule has 0 aliphatic carbocycles. The molecule has 148 valence electrons. The Bertz CT molecular complexity index is 925. The molecule has 6 heteroatoms. The normalized spacial score (nSPS) is 16.8. The van der Waals surface area contributed by atoms with E-state index in [4.69, 9.17) is 4.98 Å². The van der Waals surface area contributed by atoms with E-state index in [1.807, 2.05) is 48.3 Å². The van der Waals surface area contributed by atoms with Crippen molar-refractivity contribution < 1.29 is 4.79 Å². The minimum atomic E-state index is 0. The van der Waals surface area contributed by atoms with Crippen molar-refractivity contribution in [3.63, 3.8) is 0 Å². The number of piperidine rings is 1. The largest absolute Gasteiger partial charge is 0.341 e. The molecule has 1 amide bonds. The van der Waals surface area contributed by atoms with Gasteiger partial charge < -0.3 is 10.2 Å². The van der Waals surface area contributed by atoms with Gasteiger partial charge in [-0.15, -0.1) is 12.4 Å². The zero-order chi connectivity index (χ0) is 18.6. The van der Waals surface area contributed by atoms with E-state index in [1.54, 1.807) is 0 Å². The van der Waals surface area contributed by atoms with Gasteiger partial charge >= 0.3 is 0 Å². The molecule has 5 nitrogen and oxygen atoms in total. The van der Waals surface area contributed by atoms with Crippen molar-refractivity contribution >= 4 is 29.3 Å². The van der Waals surface area contributed by atoms with Gasteiger partial charge in [0.1, 0.15) is 5.82 Å². The van der Waals surface area contributed by atoms with Crippen LogP contribution in [0.4, 0.5) is 0 Å². The standard InChI is InChI=1S/C22H26N4O.ClH/c1-23-17-8-7-15-25(16-17)22(27)14-13-21-24-19-11-5-6-12-20(19)26(21)18-9-3-2-4-10-18;/h2-6,9-12,17,23H,7-8,13-16H2,1H3;1H. The van der Waals surface area contributed by atoms with Crippen LogP contribution in [0.2, 0.25) is 0 Å². The first kappa shape index (κ1) is 20.4. The number of nitrogens with one attached hydrogen (secondary N) is 1. The fourth-order valence-electron chi connectivity index (χ4n) is 3.92. The number of likely N-dealkylation sites (tertiary alicyclic amines) is 1. The number of likely N-dealkylation sites (N-methyl/N-ethyl adjacent to an activating group) is 1. The molecule has 0 spiro atoms. The van der Waals surface area contributed by atoms with Crippen LogP contribution in [0, 0.1) is 0 Å². The lowest BCUT2D eigenvalue weighted by molar-refractivity contribution is -0.132. The fourth-order valence-corrected chi connectivity index (χ4v) is 3.92. The predicted octanol–water partition coefficient (Wildman–Crippen LogP) is 3.59. The third kappa shape index (κ3) is 4.21. The summed E-state index contributed by atoms with van der Waals surface area (Å²) in [6, 6.07) is 18.8. The summed E-state index contributed by atoms with van der Waals surface area (Å²) in [6.45, 7) is 1.68. The van der Waals surface area contributed by atoms with Crippen LogP contribution in [0.15, 0.2) is 54.6 Å². The van der Waals surface area contributed by atoms with Crippen molar-refractivity contribution in [3.8, 4) is 5.69 Å². The van der Waals surface area contributed by atoms with Crippen molar-refractivity contribution in [2.45, 2.75) is 31.7 Å². The van der Waals surface area contributed by atoms with Gasteiger partial charge in [0.15, 0.2) is 0 Å². The second kappa shape index (κ2) is 9.22. The number of nitrogens with zero attached hydrogens (tertiary/aromatic N) is 3. The van der Waals surface area contributed by atoms with E-state index in [2.05, 4.69) is 28.1 Å². The first-order valence-corrected chi connectivity index (χ1v) is 9.73. The van der Waals surface area contributed by atoms with Gasteiger partial charge in [-0.1, -0.05) is 30.3 Å². The lowest BCUT2D eigenvalue weighted by Crippen LogP contribution is -2.47. The van der Waals surface area contributed by atoms with Crippen molar-refractivity contribution in [3.05, 3.63) is 60.4 Å². The number of carbonyl (C=O) groups is 1. The Hall–Kier alpha value is -2.37. The Morgan fingerprint density at radius 1 is 1.14 bits per heavy atom. The molecule has 3 aromatic rings. The Balaban J connectivity index is 0.00000225. The number of hydrogen-bond donors (Lipinski definition) is 1. The number of hydrogen-bond acceptors (Lipinski definition) is 3. The highest BCUT2D eigenvalue weighted by Gasteiger charge is 2.23. The summed E-state index contributed by atoms with van der Waals surface area (Å²) >= 11 is 0. The molecule has 1 saturated heterocycles. The SMILES string of the molecule is CNC1CCCN(C(=O)CCc2nc3ccccc3n2-c2ccccc2)C1.Cl. The second-order valence-corrected chi connectivity index (χ2v) is 7.16. The minimum absolute atomic E-state index is 0. The minimum Gasteiger partial charge on any atom is -0.341 e. The third-order valence-corrected chi connectivity index (χ3v) is 5.39. The number of rotatable bonds is 5. The van der Waals surface area contributed by atoms with Gasteiger partial charge in [0.2, 0.25) is 5.91 Å². The summed E-state index contributed by atoms with van der Waals surface area (Å²) in [7, 11) is 1.97.